The largest absolute Gasteiger partial charge is 0.370 e. The van der Waals surface area contributed by atoms with Gasteiger partial charge >= 0.3 is 0 Å². The van der Waals surface area contributed by atoms with Gasteiger partial charge in [0, 0.05) is 52.2 Å². The first-order valence-corrected chi connectivity index (χ1v) is 10.1. The monoisotopic (exact) mass is 371 g/mol. The van der Waals surface area contributed by atoms with E-state index in [1.54, 1.807) is 0 Å². The molecule has 3 rings (SSSR count). The number of carbonyl (C=O) groups is 1. The number of hydrogen-bond donors (Lipinski definition) is 2. The van der Waals surface area contributed by atoms with Crippen LogP contribution in [0.25, 0.3) is 0 Å². The van der Waals surface area contributed by atoms with Crippen molar-refractivity contribution in [3.05, 3.63) is 35.4 Å². The van der Waals surface area contributed by atoms with E-state index in [9.17, 15) is 4.79 Å². The van der Waals surface area contributed by atoms with Gasteiger partial charge < -0.3 is 16.0 Å². The molecule has 0 aromatic heterocycles. The fourth-order valence-electron chi connectivity index (χ4n) is 4.30. The van der Waals surface area contributed by atoms with Crippen LogP contribution in [0.5, 0.6) is 0 Å². The van der Waals surface area contributed by atoms with Gasteiger partial charge in [-0.05, 0) is 43.2 Å². The number of guanidine groups is 1. The summed E-state index contributed by atoms with van der Waals surface area (Å²) >= 11 is 0. The third kappa shape index (κ3) is 5.22. The van der Waals surface area contributed by atoms with Gasteiger partial charge in [-0.25, -0.2) is 0 Å². The predicted molar refractivity (Wildman–Crippen MR) is 109 cm³/mol. The van der Waals surface area contributed by atoms with Gasteiger partial charge in [0.25, 0.3) is 0 Å². The molecule has 0 spiro atoms. The topological polar surface area (TPSA) is 74.0 Å². The van der Waals surface area contributed by atoms with E-state index < -0.39 is 0 Å². The molecular weight excluding hydrogens is 338 g/mol. The molecule has 2 aliphatic rings. The highest BCUT2D eigenvalue weighted by atomic mass is 16.1. The van der Waals surface area contributed by atoms with Crippen molar-refractivity contribution in [1.82, 2.24) is 15.1 Å². The molecule has 0 saturated carbocycles. The quantitative estimate of drug-likeness (QED) is 0.609. The molecule has 2 heterocycles. The number of rotatable bonds is 5. The SMILES string of the molecule is CN=C(NCC(C)N1CCc2ccccc2C1)N1CCCC(CC(N)=O)C1. The summed E-state index contributed by atoms with van der Waals surface area (Å²) in [6.07, 6.45) is 3.74. The average Bonchev–Trinajstić information content (AvgIpc) is 2.67. The lowest BCUT2D eigenvalue weighted by atomic mass is 9.95. The Morgan fingerprint density at radius 1 is 1.33 bits per heavy atom. The van der Waals surface area contributed by atoms with Crippen molar-refractivity contribution >= 4 is 11.9 Å². The summed E-state index contributed by atoms with van der Waals surface area (Å²) < 4.78 is 0. The third-order valence-electron chi connectivity index (χ3n) is 5.86. The van der Waals surface area contributed by atoms with Gasteiger partial charge in [0.15, 0.2) is 5.96 Å². The minimum absolute atomic E-state index is 0.205. The zero-order chi connectivity index (χ0) is 19.2. The van der Waals surface area contributed by atoms with Gasteiger partial charge in [-0.3, -0.25) is 14.7 Å². The van der Waals surface area contributed by atoms with Crippen LogP contribution in [0.1, 0.15) is 37.3 Å². The van der Waals surface area contributed by atoms with Crippen LogP contribution in [0.15, 0.2) is 29.3 Å². The first-order valence-electron chi connectivity index (χ1n) is 10.1. The van der Waals surface area contributed by atoms with Gasteiger partial charge in [0.2, 0.25) is 5.91 Å². The number of primary amides is 1. The van der Waals surface area contributed by atoms with Crippen molar-refractivity contribution in [3.63, 3.8) is 0 Å². The summed E-state index contributed by atoms with van der Waals surface area (Å²) in [5.74, 6) is 1.07. The molecule has 1 aromatic carbocycles. The molecule has 2 unspecified atom stereocenters. The van der Waals surface area contributed by atoms with Gasteiger partial charge in [-0.15, -0.1) is 0 Å². The average molecular weight is 372 g/mol. The van der Waals surface area contributed by atoms with Gasteiger partial charge in [0.05, 0.1) is 0 Å². The molecular formula is C21H33N5O. The van der Waals surface area contributed by atoms with Crippen molar-refractivity contribution in [2.75, 3.05) is 33.2 Å². The predicted octanol–water partition coefficient (Wildman–Crippen LogP) is 1.60. The molecule has 2 atom stereocenters. The molecule has 1 fully saturated rings. The number of nitrogens with one attached hydrogen (secondary N) is 1. The number of amides is 1. The Bertz CT molecular complexity index is 674. The second-order valence-corrected chi connectivity index (χ2v) is 7.89. The molecule has 0 aliphatic carbocycles. The summed E-state index contributed by atoms with van der Waals surface area (Å²) in [4.78, 5) is 20.5. The van der Waals surface area contributed by atoms with Crippen LogP contribution in [-0.2, 0) is 17.8 Å². The summed E-state index contributed by atoms with van der Waals surface area (Å²) in [5.41, 5.74) is 8.32. The number of carbonyl (C=O) groups excluding carboxylic acids is 1. The highest BCUT2D eigenvalue weighted by Crippen LogP contribution is 2.21. The lowest BCUT2D eigenvalue weighted by Gasteiger charge is -2.37. The summed E-state index contributed by atoms with van der Waals surface area (Å²) in [6.45, 7) is 7.10. The van der Waals surface area contributed by atoms with Crippen LogP contribution in [-0.4, -0.2) is 60.9 Å². The Labute approximate surface area is 162 Å². The highest BCUT2D eigenvalue weighted by Gasteiger charge is 2.25. The molecule has 1 saturated heterocycles. The van der Waals surface area contributed by atoms with E-state index in [1.165, 1.54) is 11.1 Å². The van der Waals surface area contributed by atoms with Crippen LogP contribution < -0.4 is 11.1 Å². The Morgan fingerprint density at radius 3 is 2.85 bits per heavy atom. The van der Waals surface area contributed by atoms with Crippen molar-refractivity contribution in [3.8, 4) is 0 Å². The maximum absolute atomic E-state index is 11.2. The van der Waals surface area contributed by atoms with Crippen molar-refractivity contribution < 1.29 is 4.79 Å². The number of piperidine rings is 1. The summed E-state index contributed by atoms with van der Waals surface area (Å²) in [6, 6.07) is 9.18. The van der Waals surface area contributed by atoms with E-state index in [0.717, 1.165) is 57.9 Å². The second-order valence-electron chi connectivity index (χ2n) is 7.89. The van der Waals surface area contributed by atoms with Gasteiger partial charge in [0.1, 0.15) is 0 Å². The van der Waals surface area contributed by atoms with E-state index in [4.69, 9.17) is 5.73 Å². The zero-order valence-corrected chi connectivity index (χ0v) is 16.7. The van der Waals surface area contributed by atoms with E-state index in [0.29, 0.717) is 18.4 Å². The van der Waals surface area contributed by atoms with E-state index in [2.05, 4.69) is 51.3 Å². The van der Waals surface area contributed by atoms with Crippen LogP contribution in [0, 0.1) is 5.92 Å². The molecule has 2 aliphatic heterocycles. The molecule has 6 nitrogen and oxygen atoms in total. The molecule has 3 N–H and O–H groups in total. The lowest BCUT2D eigenvalue weighted by molar-refractivity contribution is -0.119. The molecule has 148 valence electrons. The first kappa shape index (κ1) is 19.7. The van der Waals surface area contributed by atoms with Crippen molar-refractivity contribution in [2.45, 2.75) is 45.2 Å². The maximum Gasteiger partial charge on any atom is 0.217 e. The van der Waals surface area contributed by atoms with Crippen molar-refractivity contribution in [2.24, 2.45) is 16.6 Å². The number of likely N-dealkylation sites (tertiary alicyclic amines) is 1. The van der Waals surface area contributed by atoms with Crippen LogP contribution in [0.2, 0.25) is 0 Å². The smallest absolute Gasteiger partial charge is 0.217 e. The molecule has 6 heteroatoms. The molecule has 0 bridgehead atoms. The number of aliphatic imine (C=N–C) groups is 1. The Hall–Kier alpha value is -2.08. The number of nitrogens with zero attached hydrogens (tertiary/aromatic N) is 3. The Kier molecular flexibility index (Phi) is 6.72. The molecule has 27 heavy (non-hydrogen) atoms. The number of nitrogens with two attached hydrogens (primary N) is 1. The standard InChI is InChI=1S/C21H33N5O/c1-16(25-11-9-18-7-3-4-8-19(18)15-25)13-24-21(23-2)26-10-5-6-17(14-26)12-20(22)27/h3-4,7-8,16-17H,5-6,9-15H2,1-2H3,(H2,22,27)(H,23,24). The number of hydrogen-bond acceptors (Lipinski definition) is 3. The zero-order valence-electron chi connectivity index (χ0n) is 16.7. The van der Waals surface area contributed by atoms with E-state index >= 15 is 0 Å². The Morgan fingerprint density at radius 2 is 2.11 bits per heavy atom. The van der Waals surface area contributed by atoms with E-state index in [1.807, 2.05) is 7.05 Å². The first-order chi connectivity index (χ1) is 13.1. The van der Waals surface area contributed by atoms with Gasteiger partial charge in [-0.2, -0.15) is 0 Å². The fourth-order valence-corrected chi connectivity index (χ4v) is 4.30. The highest BCUT2D eigenvalue weighted by molar-refractivity contribution is 5.80. The fraction of sp³-hybridized carbons (Fsp3) is 0.619. The third-order valence-corrected chi connectivity index (χ3v) is 5.86. The summed E-state index contributed by atoms with van der Waals surface area (Å²) in [5, 5.41) is 3.55. The van der Waals surface area contributed by atoms with E-state index in [-0.39, 0.29) is 5.91 Å². The Balaban J connectivity index is 1.51. The van der Waals surface area contributed by atoms with Crippen LogP contribution >= 0.6 is 0 Å². The van der Waals surface area contributed by atoms with Gasteiger partial charge in [-0.1, -0.05) is 24.3 Å². The molecule has 0 radical (unpaired) electrons. The molecule has 1 amide bonds. The lowest BCUT2D eigenvalue weighted by Crippen LogP contribution is -2.51. The van der Waals surface area contributed by atoms with Crippen molar-refractivity contribution in [1.29, 1.82) is 0 Å². The normalized spacial score (nSPS) is 22.2. The summed E-state index contributed by atoms with van der Waals surface area (Å²) in [7, 11) is 1.84. The minimum atomic E-state index is -0.205. The second kappa shape index (κ2) is 9.22. The minimum Gasteiger partial charge on any atom is -0.370 e. The maximum atomic E-state index is 11.2. The number of benzene rings is 1. The number of fused-ring (bicyclic) bond motifs is 1. The molecule has 1 aromatic rings. The van der Waals surface area contributed by atoms with Crippen LogP contribution in [0.3, 0.4) is 0 Å². The van der Waals surface area contributed by atoms with Crippen LogP contribution in [0.4, 0.5) is 0 Å².